The number of ether oxygens (including phenoxy) is 3. The van der Waals surface area contributed by atoms with Crippen LogP contribution in [0.3, 0.4) is 0 Å². The van der Waals surface area contributed by atoms with Crippen LogP contribution >= 0.6 is 0 Å². The molecule has 0 amide bonds. The predicted octanol–water partition coefficient (Wildman–Crippen LogP) is 2.44. The summed E-state index contributed by atoms with van der Waals surface area (Å²) in [7, 11) is 1.49. The minimum atomic E-state index is -0.972. The van der Waals surface area contributed by atoms with Gasteiger partial charge in [-0.25, -0.2) is 15.0 Å². The number of hydrogen-bond donors (Lipinski definition) is 3. The standard InChI is InChI=1S/C25H25N5O5/c1-33-22-21(32)19(11-31)35-25(22)30-13-29-20-23(27-12-28-24(20)30)26-10-16-14-6-2-4-8-17(14)34-18-9-5-3-7-15(16)18/h2-9,12-13,16,19,21-22,25,31-32H,10-11H2,1H3,(H,26,27,28)/t19-,21-,22-,25-/m1/s1. The molecule has 0 bridgehead atoms. The molecule has 0 radical (unpaired) electrons. The Hall–Kier alpha value is -3.57. The molecule has 0 spiro atoms. The fourth-order valence-corrected chi connectivity index (χ4v) is 4.94. The fraction of sp³-hybridized carbons (Fsp3) is 0.320. The largest absolute Gasteiger partial charge is 0.457 e. The van der Waals surface area contributed by atoms with Gasteiger partial charge in [-0.3, -0.25) is 4.57 Å². The summed E-state index contributed by atoms with van der Waals surface area (Å²) in [5, 5.41) is 23.4. The van der Waals surface area contributed by atoms with Gasteiger partial charge in [-0.1, -0.05) is 36.4 Å². The minimum absolute atomic E-state index is 0.0553. The Bertz CT molecular complexity index is 1320. The zero-order chi connectivity index (χ0) is 23.9. The van der Waals surface area contributed by atoms with Crippen LogP contribution in [0.1, 0.15) is 23.3 Å². The lowest BCUT2D eigenvalue weighted by Gasteiger charge is -2.28. The maximum Gasteiger partial charge on any atom is 0.167 e. The number of fused-ring (bicyclic) bond motifs is 3. The van der Waals surface area contributed by atoms with E-state index in [9.17, 15) is 10.2 Å². The van der Waals surface area contributed by atoms with Crippen molar-refractivity contribution in [2.75, 3.05) is 25.6 Å². The first kappa shape index (κ1) is 21.9. The van der Waals surface area contributed by atoms with Gasteiger partial charge in [0, 0.05) is 30.7 Å². The summed E-state index contributed by atoms with van der Waals surface area (Å²) in [5.41, 5.74) is 3.30. The second-order valence-corrected chi connectivity index (χ2v) is 8.60. The molecule has 2 aromatic heterocycles. The van der Waals surface area contributed by atoms with E-state index >= 15 is 0 Å². The van der Waals surface area contributed by atoms with Crippen molar-refractivity contribution in [2.24, 2.45) is 0 Å². The number of anilines is 1. The SMILES string of the molecule is CO[C@@H]1[C@H](O)[C@@H](CO)O[C@H]1n1cnc2c(NCC3c4ccccc4Oc4ccccc43)ncnc21. The highest BCUT2D eigenvalue weighted by atomic mass is 16.6. The topological polar surface area (TPSA) is 124 Å². The van der Waals surface area contributed by atoms with Crippen LogP contribution in [0.2, 0.25) is 0 Å². The lowest BCUT2D eigenvalue weighted by atomic mass is 9.88. The van der Waals surface area contributed by atoms with Crippen molar-refractivity contribution in [3.63, 3.8) is 0 Å². The van der Waals surface area contributed by atoms with Gasteiger partial charge in [-0.2, -0.15) is 0 Å². The van der Waals surface area contributed by atoms with Gasteiger partial charge in [0.2, 0.25) is 0 Å². The molecule has 35 heavy (non-hydrogen) atoms. The van der Waals surface area contributed by atoms with Crippen molar-refractivity contribution in [2.45, 2.75) is 30.5 Å². The number of methoxy groups -OCH3 is 1. The molecule has 2 aliphatic heterocycles. The number of para-hydroxylation sites is 2. The lowest BCUT2D eigenvalue weighted by Crippen LogP contribution is -2.34. The van der Waals surface area contributed by atoms with Crippen LogP contribution in [0.4, 0.5) is 5.82 Å². The Kier molecular flexibility index (Phi) is 5.57. The second kappa shape index (κ2) is 8.90. The Morgan fingerprint density at radius 2 is 1.74 bits per heavy atom. The number of rotatable bonds is 6. The number of imidazole rings is 1. The van der Waals surface area contributed by atoms with E-state index in [1.54, 1.807) is 10.9 Å². The van der Waals surface area contributed by atoms with E-state index in [2.05, 4.69) is 32.4 Å². The molecule has 4 aromatic rings. The third-order valence-corrected chi connectivity index (χ3v) is 6.68. The molecule has 1 fully saturated rings. The van der Waals surface area contributed by atoms with Crippen molar-refractivity contribution in [1.29, 1.82) is 0 Å². The molecule has 6 rings (SSSR count). The zero-order valence-electron chi connectivity index (χ0n) is 19.0. The number of nitrogens with zero attached hydrogens (tertiary/aromatic N) is 4. The average molecular weight is 476 g/mol. The highest BCUT2D eigenvalue weighted by Gasteiger charge is 2.45. The monoisotopic (exact) mass is 475 g/mol. The van der Waals surface area contributed by atoms with E-state index in [1.807, 2.05) is 36.4 Å². The first-order valence-electron chi connectivity index (χ1n) is 11.4. The third-order valence-electron chi connectivity index (χ3n) is 6.68. The summed E-state index contributed by atoms with van der Waals surface area (Å²) < 4.78 is 19.1. The molecule has 180 valence electrons. The summed E-state index contributed by atoms with van der Waals surface area (Å²) >= 11 is 0. The third kappa shape index (κ3) is 3.62. The number of aliphatic hydroxyl groups excluding tert-OH is 2. The summed E-state index contributed by atoms with van der Waals surface area (Å²) in [6, 6.07) is 16.1. The van der Waals surface area contributed by atoms with Gasteiger partial charge in [-0.15, -0.1) is 0 Å². The second-order valence-electron chi connectivity index (χ2n) is 8.60. The summed E-state index contributed by atoms with van der Waals surface area (Å²) in [6.07, 6.45) is -0.0330. The number of aromatic nitrogens is 4. The van der Waals surface area contributed by atoms with E-state index < -0.39 is 24.5 Å². The van der Waals surface area contributed by atoms with Crippen LogP contribution < -0.4 is 10.1 Å². The number of benzene rings is 2. The first-order chi connectivity index (χ1) is 17.2. The molecule has 10 nitrogen and oxygen atoms in total. The Morgan fingerprint density at radius 1 is 1.03 bits per heavy atom. The Balaban J connectivity index is 1.31. The van der Waals surface area contributed by atoms with Gasteiger partial charge in [0.1, 0.15) is 36.1 Å². The summed E-state index contributed by atoms with van der Waals surface area (Å²) in [4.78, 5) is 13.4. The van der Waals surface area contributed by atoms with Crippen molar-refractivity contribution >= 4 is 17.0 Å². The Labute approximate surface area is 201 Å². The van der Waals surface area contributed by atoms with Crippen LogP contribution in [-0.2, 0) is 9.47 Å². The van der Waals surface area contributed by atoms with E-state index in [1.165, 1.54) is 13.4 Å². The van der Waals surface area contributed by atoms with E-state index in [0.717, 1.165) is 22.6 Å². The van der Waals surface area contributed by atoms with E-state index in [0.29, 0.717) is 23.5 Å². The van der Waals surface area contributed by atoms with Crippen LogP contribution in [0.5, 0.6) is 11.5 Å². The Morgan fingerprint density at radius 3 is 2.43 bits per heavy atom. The maximum atomic E-state index is 10.4. The van der Waals surface area contributed by atoms with Crippen LogP contribution in [0.15, 0.2) is 61.2 Å². The molecular weight excluding hydrogens is 450 g/mol. The molecule has 4 atom stereocenters. The van der Waals surface area contributed by atoms with Crippen molar-refractivity contribution < 1.29 is 24.4 Å². The number of aliphatic hydroxyl groups is 2. The minimum Gasteiger partial charge on any atom is -0.457 e. The number of hydrogen-bond acceptors (Lipinski definition) is 9. The molecular formula is C25H25N5O5. The highest BCUT2D eigenvalue weighted by Crippen LogP contribution is 2.44. The van der Waals surface area contributed by atoms with Crippen molar-refractivity contribution in [1.82, 2.24) is 19.5 Å². The van der Waals surface area contributed by atoms with Gasteiger partial charge in [0.05, 0.1) is 12.9 Å². The van der Waals surface area contributed by atoms with Gasteiger partial charge in [-0.05, 0) is 12.1 Å². The molecule has 0 aliphatic carbocycles. The van der Waals surface area contributed by atoms with Crippen LogP contribution in [-0.4, -0.2) is 68.3 Å². The maximum absolute atomic E-state index is 10.4. The molecule has 3 N–H and O–H groups in total. The molecule has 1 saturated heterocycles. The molecule has 0 saturated carbocycles. The van der Waals surface area contributed by atoms with E-state index in [-0.39, 0.29) is 12.5 Å². The van der Waals surface area contributed by atoms with Crippen LogP contribution in [0.25, 0.3) is 11.2 Å². The molecule has 2 aliphatic rings. The highest BCUT2D eigenvalue weighted by molar-refractivity contribution is 5.82. The molecule has 10 heteroatoms. The summed E-state index contributed by atoms with van der Waals surface area (Å²) in [6.45, 7) is 0.252. The first-order valence-corrected chi connectivity index (χ1v) is 11.4. The fourth-order valence-electron chi connectivity index (χ4n) is 4.94. The molecule has 4 heterocycles. The molecule has 2 aromatic carbocycles. The smallest absolute Gasteiger partial charge is 0.167 e. The quantitative estimate of drug-likeness (QED) is 0.386. The normalized spacial score (nSPS) is 23.6. The molecule has 0 unspecified atom stereocenters. The predicted molar refractivity (Wildman–Crippen MR) is 126 cm³/mol. The average Bonchev–Trinajstić information content (AvgIpc) is 3.47. The zero-order valence-corrected chi connectivity index (χ0v) is 19.0. The van der Waals surface area contributed by atoms with Gasteiger partial charge >= 0.3 is 0 Å². The van der Waals surface area contributed by atoms with E-state index in [4.69, 9.17) is 14.2 Å². The van der Waals surface area contributed by atoms with Crippen LogP contribution in [0, 0.1) is 0 Å². The number of nitrogens with one attached hydrogen (secondary N) is 1. The lowest BCUT2D eigenvalue weighted by molar-refractivity contribution is -0.0583. The van der Waals surface area contributed by atoms with Gasteiger partial charge in [0.15, 0.2) is 23.2 Å². The van der Waals surface area contributed by atoms with Gasteiger partial charge < -0.3 is 29.7 Å². The summed E-state index contributed by atoms with van der Waals surface area (Å²) in [5.74, 6) is 2.33. The van der Waals surface area contributed by atoms with Crippen molar-refractivity contribution in [3.05, 3.63) is 72.3 Å². The van der Waals surface area contributed by atoms with Crippen molar-refractivity contribution in [3.8, 4) is 11.5 Å². The van der Waals surface area contributed by atoms with Gasteiger partial charge in [0.25, 0.3) is 0 Å².